The summed E-state index contributed by atoms with van der Waals surface area (Å²) in [4.78, 5) is 4.00. The number of rotatable bonds is 1. The van der Waals surface area contributed by atoms with Gasteiger partial charge in [0, 0.05) is 22.9 Å². The van der Waals surface area contributed by atoms with E-state index in [2.05, 4.69) is 4.98 Å². The summed E-state index contributed by atoms with van der Waals surface area (Å²) in [5, 5.41) is 0. The van der Waals surface area contributed by atoms with Crippen LogP contribution in [0.25, 0.3) is 0 Å². The molecule has 0 amide bonds. The molecule has 2 aromatic heterocycles. The minimum absolute atomic E-state index is 1.75. The molecule has 0 spiro atoms. The Labute approximate surface area is 70.5 Å². The van der Waals surface area contributed by atoms with Gasteiger partial charge in [-0.1, -0.05) is 11.1 Å². The highest BCUT2D eigenvalue weighted by Crippen LogP contribution is 1.74. The van der Waals surface area contributed by atoms with Gasteiger partial charge < -0.3 is 0 Å². The predicted octanol–water partition coefficient (Wildman–Crippen LogP) is -0.0320. The van der Waals surface area contributed by atoms with E-state index in [-0.39, 0.29) is 0 Å². The van der Waals surface area contributed by atoms with Crippen molar-refractivity contribution in [2.75, 3.05) is 0 Å². The first-order chi connectivity index (χ1) is 5.97. The molecule has 0 aliphatic rings. The first kappa shape index (κ1) is 6.91. The van der Waals surface area contributed by atoms with E-state index in [9.17, 15) is 0 Å². The Morgan fingerprint density at radius 2 is 1.50 bits per heavy atom. The van der Waals surface area contributed by atoms with Gasteiger partial charge in [-0.2, -0.15) is 0 Å². The molecule has 0 saturated carbocycles. The van der Waals surface area contributed by atoms with Gasteiger partial charge in [0.1, 0.15) is 6.20 Å². The van der Waals surface area contributed by atoms with E-state index >= 15 is 0 Å². The third-order valence-corrected chi connectivity index (χ3v) is 1.56. The van der Waals surface area contributed by atoms with Crippen molar-refractivity contribution in [1.29, 1.82) is 0 Å². The maximum Gasteiger partial charge on any atom is 0.347 e. The van der Waals surface area contributed by atoms with Gasteiger partial charge in [0.25, 0.3) is 0 Å². The van der Waals surface area contributed by atoms with Crippen molar-refractivity contribution >= 4 is 0 Å². The monoisotopic (exact) mass is 159 g/mol. The number of pyridine rings is 1. The van der Waals surface area contributed by atoms with Crippen LogP contribution in [0.2, 0.25) is 0 Å². The predicted molar refractivity (Wildman–Crippen MR) is 41.9 cm³/mol. The summed E-state index contributed by atoms with van der Waals surface area (Å²) in [6, 6.07) is 7.81. The zero-order valence-corrected chi connectivity index (χ0v) is 6.54. The molecule has 0 unspecified atom stereocenters. The van der Waals surface area contributed by atoms with Gasteiger partial charge in [0.15, 0.2) is 6.20 Å². The molecule has 12 heavy (non-hydrogen) atoms. The van der Waals surface area contributed by atoms with Crippen LogP contribution in [0.5, 0.6) is 0 Å². The summed E-state index contributed by atoms with van der Waals surface area (Å²) in [6.07, 6.45) is 9.36. The van der Waals surface area contributed by atoms with Crippen LogP contribution in [0.1, 0.15) is 0 Å². The summed E-state index contributed by atoms with van der Waals surface area (Å²) in [5.41, 5.74) is 0. The van der Waals surface area contributed by atoms with Crippen LogP contribution >= 0.6 is 0 Å². The van der Waals surface area contributed by atoms with Gasteiger partial charge in [-0.3, -0.25) is 0 Å². The molecule has 0 N–H and O–H groups in total. The minimum atomic E-state index is 1.75. The molecule has 0 radical (unpaired) electrons. The highest BCUT2D eigenvalue weighted by atomic mass is 15.4. The standard InChI is InChI=1S/C9H9N3/c1-2-6-11(7-3-1)12-8-4-5-10-9-12/h1-9H/q+2. The summed E-state index contributed by atoms with van der Waals surface area (Å²) < 4.78 is 3.83. The third-order valence-electron chi connectivity index (χ3n) is 1.56. The average Bonchev–Trinajstić information content (AvgIpc) is 2.21. The fourth-order valence-electron chi connectivity index (χ4n) is 1.00. The topological polar surface area (TPSA) is 20.6 Å². The van der Waals surface area contributed by atoms with Crippen LogP contribution in [0.4, 0.5) is 0 Å². The van der Waals surface area contributed by atoms with E-state index < -0.39 is 0 Å². The lowest BCUT2D eigenvalue weighted by Crippen LogP contribution is -2.65. The van der Waals surface area contributed by atoms with Crippen LogP contribution in [-0.4, -0.2) is 4.98 Å². The van der Waals surface area contributed by atoms with E-state index in [0.29, 0.717) is 0 Å². The molecule has 0 saturated heterocycles. The van der Waals surface area contributed by atoms with E-state index in [1.54, 1.807) is 12.5 Å². The number of nitrogens with zero attached hydrogens (tertiary/aromatic N) is 3. The summed E-state index contributed by atoms with van der Waals surface area (Å²) >= 11 is 0. The Morgan fingerprint density at radius 1 is 0.750 bits per heavy atom. The van der Waals surface area contributed by atoms with Crippen molar-refractivity contribution in [1.82, 2.24) is 4.98 Å². The van der Waals surface area contributed by atoms with Crippen molar-refractivity contribution in [2.45, 2.75) is 0 Å². The van der Waals surface area contributed by atoms with Crippen molar-refractivity contribution in [3.05, 3.63) is 55.4 Å². The third kappa shape index (κ3) is 1.29. The van der Waals surface area contributed by atoms with E-state index in [1.807, 2.05) is 52.2 Å². The molecule has 0 aliphatic heterocycles. The average molecular weight is 159 g/mol. The van der Waals surface area contributed by atoms with Gasteiger partial charge in [0.2, 0.25) is 12.4 Å². The molecular weight excluding hydrogens is 150 g/mol. The lowest BCUT2D eigenvalue weighted by atomic mass is 10.5. The SMILES string of the molecule is c1cc[n+](-[n+]2cccnc2)cc1. The maximum atomic E-state index is 4.00. The zero-order valence-electron chi connectivity index (χ0n) is 6.54. The van der Waals surface area contributed by atoms with Crippen LogP contribution in [0, 0.1) is 0 Å². The van der Waals surface area contributed by atoms with Gasteiger partial charge in [-0.05, 0) is 4.68 Å². The second-order valence-corrected chi connectivity index (χ2v) is 2.39. The number of aromatic nitrogens is 3. The molecule has 3 heteroatoms. The second kappa shape index (κ2) is 3.09. The summed E-state index contributed by atoms with van der Waals surface area (Å²) in [6.45, 7) is 0. The van der Waals surface area contributed by atoms with Gasteiger partial charge in [-0.15, -0.1) is 0 Å². The normalized spacial score (nSPS) is 9.67. The molecule has 0 aliphatic carbocycles. The maximum absolute atomic E-state index is 4.00. The molecule has 2 aromatic rings. The molecule has 58 valence electrons. The smallest absolute Gasteiger partial charge is 0.0512 e. The van der Waals surface area contributed by atoms with E-state index in [1.165, 1.54) is 0 Å². The lowest BCUT2D eigenvalue weighted by Gasteiger charge is -1.87. The Bertz CT molecular complexity index is 307. The minimum Gasteiger partial charge on any atom is -0.0512 e. The van der Waals surface area contributed by atoms with Crippen LogP contribution in [0.15, 0.2) is 55.4 Å². The second-order valence-electron chi connectivity index (χ2n) is 2.39. The Hall–Kier alpha value is -1.77. The van der Waals surface area contributed by atoms with Crippen molar-refractivity contribution in [2.24, 2.45) is 0 Å². The van der Waals surface area contributed by atoms with Gasteiger partial charge in [0.05, 0.1) is 0 Å². The molecule has 3 nitrogen and oxygen atoms in total. The first-order valence-electron chi connectivity index (χ1n) is 3.75. The van der Waals surface area contributed by atoms with Crippen molar-refractivity contribution in [3.8, 4) is 0 Å². The van der Waals surface area contributed by atoms with Crippen LogP contribution in [-0.2, 0) is 0 Å². The zero-order chi connectivity index (χ0) is 8.23. The van der Waals surface area contributed by atoms with E-state index in [4.69, 9.17) is 0 Å². The fraction of sp³-hybridized carbons (Fsp3) is 0. The Kier molecular flexibility index (Phi) is 1.78. The Morgan fingerprint density at radius 3 is 2.17 bits per heavy atom. The molecule has 2 rings (SSSR count). The quantitative estimate of drug-likeness (QED) is 0.535. The largest absolute Gasteiger partial charge is 0.347 e. The summed E-state index contributed by atoms with van der Waals surface area (Å²) in [7, 11) is 0. The molecular formula is C9H9N3+2. The van der Waals surface area contributed by atoms with Crippen LogP contribution in [0.3, 0.4) is 0 Å². The van der Waals surface area contributed by atoms with Gasteiger partial charge in [-0.25, -0.2) is 0 Å². The molecule has 0 bridgehead atoms. The first-order valence-corrected chi connectivity index (χ1v) is 3.75. The summed E-state index contributed by atoms with van der Waals surface area (Å²) in [5.74, 6) is 0. The van der Waals surface area contributed by atoms with E-state index in [0.717, 1.165) is 0 Å². The lowest BCUT2D eigenvalue weighted by molar-refractivity contribution is -1.30. The molecule has 0 fully saturated rings. The van der Waals surface area contributed by atoms with Gasteiger partial charge >= 0.3 is 6.33 Å². The number of hydrogen-bond acceptors (Lipinski definition) is 1. The fourth-order valence-corrected chi connectivity index (χ4v) is 1.00. The highest BCUT2D eigenvalue weighted by molar-refractivity contribution is 4.83. The van der Waals surface area contributed by atoms with Crippen LogP contribution < -0.4 is 9.35 Å². The molecule has 2 heterocycles. The number of hydrogen-bond donors (Lipinski definition) is 0. The molecule has 0 aromatic carbocycles. The Balaban J connectivity index is 2.46. The molecule has 0 atom stereocenters. The highest BCUT2D eigenvalue weighted by Gasteiger charge is 2.04. The van der Waals surface area contributed by atoms with Crippen molar-refractivity contribution in [3.63, 3.8) is 0 Å². The van der Waals surface area contributed by atoms with Crippen molar-refractivity contribution < 1.29 is 9.35 Å².